The molecule has 1 heterocycles. The van der Waals surface area contributed by atoms with E-state index in [2.05, 4.69) is 15.3 Å². The summed E-state index contributed by atoms with van der Waals surface area (Å²) in [5.41, 5.74) is 7.62. The minimum absolute atomic E-state index is 0. The van der Waals surface area contributed by atoms with Crippen molar-refractivity contribution in [3.8, 4) is 0 Å². The molecule has 0 amide bonds. The van der Waals surface area contributed by atoms with E-state index in [-0.39, 0.29) is 29.5 Å². The van der Waals surface area contributed by atoms with Crippen molar-refractivity contribution in [2.45, 2.75) is 39.8 Å². The normalized spacial score (nSPS) is 11.9. The van der Waals surface area contributed by atoms with Crippen molar-refractivity contribution >= 4 is 29.9 Å². The Bertz CT molecular complexity index is 382. The first-order valence-electron chi connectivity index (χ1n) is 5.37. The van der Waals surface area contributed by atoms with Gasteiger partial charge in [-0.05, 0) is 39.8 Å². The molecule has 0 aliphatic heterocycles. The van der Waals surface area contributed by atoms with Crippen LogP contribution in [-0.4, -0.2) is 16.5 Å². The summed E-state index contributed by atoms with van der Waals surface area (Å²) in [6.07, 6.45) is 0. The van der Waals surface area contributed by atoms with Crippen LogP contribution < -0.4 is 11.1 Å². The Hall–Kier alpha value is -0.850. The van der Waals surface area contributed by atoms with E-state index in [9.17, 15) is 0 Å². The van der Waals surface area contributed by atoms with Crippen molar-refractivity contribution in [3.63, 3.8) is 0 Å². The van der Waals surface area contributed by atoms with Gasteiger partial charge in [0.25, 0.3) is 0 Å². The Morgan fingerprint density at radius 2 is 2.06 bits per heavy atom. The summed E-state index contributed by atoms with van der Waals surface area (Å²) in [4.78, 5) is 8.59. The molecule has 5 heteroatoms. The number of nitrogens with two attached hydrogens (primary N) is 1. The van der Waals surface area contributed by atoms with E-state index in [1.807, 2.05) is 45.9 Å². The van der Waals surface area contributed by atoms with Crippen LogP contribution in [0.2, 0.25) is 0 Å². The molecule has 4 nitrogen and oxygen atoms in total. The van der Waals surface area contributed by atoms with E-state index in [1.54, 1.807) is 0 Å². The Kier molecular flexibility index (Phi) is 6.44. The van der Waals surface area contributed by atoms with Crippen LogP contribution in [0, 0.1) is 6.92 Å². The minimum Gasteiger partial charge on any atom is -0.370 e. The van der Waals surface area contributed by atoms with Crippen LogP contribution in [0.25, 0.3) is 0 Å². The summed E-state index contributed by atoms with van der Waals surface area (Å²) in [5, 5.41) is 3.10. The van der Waals surface area contributed by atoms with Gasteiger partial charge in [-0.15, -0.1) is 24.0 Å². The molecule has 17 heavy (non-hydrogen) atoms. The number of aliphatic imine (C=N–C) groups is 1. The highest BCUT2D eigenvalue weighted by molar-refractivity contribution is 14.0. The number of hydrogen-bond donors (Lipinski definition) is 2. The van der Waals surface area contributed by atoms with Gasteiger partial charge >= 0.3 is 0 Å². The third kappa shape index (κ3) is 7.14. The van der Waals surface area contributed by atoms with Gasteiger partial charge in [0.15, 0.2) is 5.96 Å². The van der Waals surface area contributed by atoms with Gasteiger partial charge in [0.2, 0.25) is 0 Å². The quantitative estimate of drug-likeness (QED) is 0.489. The molecule has 0 aromatic carbocycles. The van der Waals surface area contributed by atoms with Crippen molar-refractivity contribution in [2.24, 2.45) is 10.7 Å². The summed E-state index contributed by atoms with van der Waals surface area (Å²) in [6.45, 7) is 8.60. The molecule has 0 fully saturated rings. The molecule has 0 aliphatic rings. The van der Waals surface area contributed by atoms with E-state index >= 15 is 0 Å². The van der Waals surface area contributed by atoms with Crippen molar-refractivity contribution < 1.29 is 0 Å². The highest BCUT2D eigenvalue weighted by Crippen LogP contribution is 2.01. The first-order chi connectivity index (χ1) is 7.37. The third-order valence-corrected chi connectivity index (χ3v) is 1.86. The topological polar surface area (TPSA) is 63.3 Å². The van der Waals surface area contributed by atoms with Gasteiger partial charge in [-0.25, -0.2) is 4.99 Å². The third-order valence-electron chi connectivity index (χ3n) is 1.86. The predicted molar refractivity (Wildman–Crippen MR) is 82.6 cm³/mol. The van der Waals surface area contributed by atoms with Gasteiger partial charge in [0.05, 0.1) is 12.2 Å². The summed E-state index contributed by atoms with van der Waals surface area (Å²) < 4.78 is 0. The molecule has 0 bridgehead atoms. The molecule has 96 valence electrons. The van der Waals surface area contributed by atoms with Crippen molar-refractivity contribution in [1.29, 1.82) is 0 Å². The number of pyridine rings is 1. The Balaban J connectivity index is 0.00000256. The van der Waals surface area contributed by atoms with Crippen LogP contribution in [0.5, 0.6) is 0 Å². The maximum absolute atomic E-state index is 5.76. The number of halogens is 1. The molecule has 0 saturated carbocycles. The first kappa shape index (κ1) is 16.1. The van der Waals surface area contributed by atoms with Gasteiger partial charge in [-0.3, -0.25) is 4.98 Å². The molecule has 0 unspecified atom stereocenters. The second-order valence-corrected chi connectivity index (χ2v) is 4.85. The number of nitrogens with one attached hydrogen (secondary N) is 1. The van der Waals surface area contributed by atoms with Crippen molar-refractivity contribution in [1.82, 2.24) is 10.3 Å². The maximum Gasteiger partial charge on any atom is 0.189 e. The van der Waals surface area contributed by atoms with Gasteiger partial charge in [-0.1, -0.05) is 6.07 Å². The molecular formula is C12H21IN4. The first-order valence-corrected chi connectivity index (χ1v) is 5.37. The largest absolute Gasteiger partial charge is 0.370 e. The van der Waals surface area contributed by atoms with Gasteiger partial charge in [0, 0.05) is 11.2 Å². The van der Waals surface area contributed by atoms with E-state index < -0.39 is 0 Å². The zero-order valence-corrected chi connectivity index (χ0v) is 13.1. The second kappa shape index (κ2) is 6.78. The fraction of sp³-hybridized carbons (Fsp3) is 0.500. The van der Waals surface area contributed by atoms with Crippen LogP contribution in [0.1, 0.15) is 32.2 Å². The fourth-order valence-electron chi connectivity index (χ4n) is 1.28. The lowest BCUT2D eigenvalue weighted by Crippen LogP contribution is -2.45. The summed E-state index contributed by atoms with van der Waals surface area (Å²) >= 11 is 0. The minimum atomic E-state index is -0.0619. The number of nitrogens with zero attached hydrogens (tertiary/aromatic N) is 2. The molecule has 1 aromatic rings. The van der Waals surface area contributed by atoms with E-state index in [0.717, 1.165) is 11.4 Å². The summed E-state index contributed by atoms with van der Waals surface area (Å²) in [7, 11) is 0. The van der Waals surface area contributed by atoms with Crippen LogP contribution in [0.4, 0.5) is 0 Å². The maximum atomic E-state index is 5.76. The van der Waals surface area contributed by atoms with E-state index in [4.69, 9.17) is 5.73 Å². The number of rotatable bonds is 2. The van der Waals surface area contributed by atoms with Crippen LogP contribution in [0.3, 0.4) is 0 Å². The second-order valence-electron chi connectivity index (χ2n) is 4.85. The van der Waals surface area contributed by atoms with Crippen LogP contribution in [-0.2, 0) is 6.54 Å². The van der Waals surface area contributed by atoms with Crippen molar-refractivity contribution in [2.75, 3.05) is 0 Å². The molecular weight excluding hydrogens is 327 g/mol. The number of aromatic nitrogens is 1. The van der Waals surface area contributed by atoms with E-state index in [0.29, 0.717) is 12.5 Å². The van der Waals surface area contributed by atoms with Gasteiger partial charge in [-0.2, -0.15) is 0 Å². The lowest BCUT2D eigenvalue weighted by Gasteiger charge is -2.20. The molecule has 1 rings (SSSR count). The SMILES string of the molecule is Cc1cccc(CN=C(N)NC(C)(C)C)n1.I. The predicted octanol–water partition coefficient (Wildman–Crippen LogP) is 2.21. The van der Waals surface area contributed by atoms with Gasteiger partial charge in [0.1, 0.15) is 0 Å². The highest BCUT2D eigenvalue weighted by Gasteiger charge is 2.09. The summed E-state index contributed by atoms with van der Waals surface area (Å²) in [5.74, 6) is 0.454. The Labute approximate surface area is 120 Å². The smallest absolute Gasteiger partial charge is 0.189 e. The Morgan fingerprint density at radius 1 is 1.41 bits per heavy atom. The number of aryl methyl sites for hydroxylation is 1. The average Bonchev–Trinajstić information content (AvgIpc) is 2.12. The van der Waals surface area contributed by atoms with E-state index in [1.165, 1.54) is 0 Å². The average molecular weight is 348 g/mol. The molecule has 0 spiro atoms. The monoisotopic (exact) mass is 348 g/mol. The molecule has 0 atom stereocenters. The lowest BCUT2D eigenvalue weighted by atomic mass is 10.1. The molecule has 3 N–H and O–H groups in total. The zero-order chi connectivity index (χ0) is 12.2. The van der Waals surface area contributed by atoms with Crippen LogP contribution in [0.15, 0.2) is 23.2 Å². The highest BCUT2D eigenvalue weighted by atomic mass is 127. The van der Waals surface area contributed by atoms with Gasteiger partial charge < -0.3 is 11.1 Å². The fourth-order valence-corrected chi connectivity index (χ4v) is 1.28. The van der Waals surface area contributed by atoms with Crippen LogP contribution >= 0.6 is 24.0 Å². The lowest BCUT2D eigenvalue weighted by molar-refractivity contribution is 0.508. The molecule has 0 radical (unpaired) electrons. The Morgan fingerprint density at radius 3 is 2.59 bits per heavy atom. The molecule has 1 aromatic heterocycles. The zero-order valence-electron chi connectivity index (χ0n) is 10.8. The van der Waals surface area contributed by atoms with Crippen molar-refractivity contribution in [3.05, 3.63) is 29.6 Å². The number of hydrogen-bond acceptors (Lipinski definition) is 2. The molecule has 0 saturated heterocycles. The molecule has 0 aliphatic carbocycles. The summed E-state index contributed by atoms with van der Waals surface area (Å²) in [6, 6.07) is 5.88. The number of guanidine groups is 1. The standard InChI is InChI=1S/C12H20N4.HI/c1-9-6-5-7-10(15-9)8-14-11(13)16-12(2,3)4;/h5-7H,8H2,1-4H3,(H3,13,14,16);1H.